The first-order valence-corrected chi connectivity index (χ1v) is 8.48. The van der Waals surface area contributed by atoms with Crippen molar-refractivity contribution >= 4 is 17.6 Å². The van der Waals surface area contributed by atoms with E-state index in [-0.39, 0.29) is 0 Å². The summed E-state index contributed by atoms with van der Waals surface area (Å²) in [4.78, 5) is 6.69. The van der Waals surface area contributed by atoms with Crippen LogP contribution in [-0.2, 0) is 6.54 Å². The fourth-order valence-electron chi connectivity index (χ4n) is 2.26. The van der Waals surface area contributed by atoms with Crippen LogP contribution in [0.15, 0.2) is 29.3 Å². The van der Waals surface area contributed by atoms with Crippen LogP contribution in [0.2, 0.25) is 5.02 Å². The Morgan fingerprint density at radius 3 is 2.59 bits per heavy atom. The first kappa shape index (κ1) is 18.8. The Bertz CT molecular complexity index is 444. The number of guanidine groups is 1. The fourth-order valence-corrected chi connectivity index (χ4v) is 2.47. The first-order chi connectivity index (χ1) is 10.7. The predicted octanol–water partition coefficient (Wildman–Crippen LogP) is 3.13. The number of halogens is 1. The van der Waals surface area contributed by atoms with Crippen LogP contribution in [0.4, 0.5) is 0 Å². The molecule has 0 bridgehead atoms. The monoisotopic (exact) mass is 324 g/mol. The molecular weight excluding hydrogens is 296 g/mol. The van der Waals surface area contributed by atoms with E-state index in [0.717, 1.165) is 49.1 Å². The lowest BCUT2D eigenvalue weighted by Crippen LogP contribution is -2.37. The maximum absolute atomic E-state index is 5.98. The van der Waals surface area contributed by atoms with Gasteiger partial charge in [0, 0.05) is 25.2 Å². The maximum atomic E-state index is 5.98. The summed E-state index contributed by atoms with van der Waals surface area (Å²) >= 11 is 5.98. The summed E-state index contributed by atoms with van der Waals surface area (Å²) in [7, 11) is 1.79. The SMILES string of the molecule is CCN(CC)CCCCNC(=NC)NCc1cccc(Cl)c1. The molecule has 1 aromatic carbocycles. The normalized spacial score (nSPS) is 11.8. The van der Waals surface area contributed by atoms with E-state index in [1.807, 2.05) is 18.2 Å². The van der Waals surface area contributed by atoms with Crippen LogP contribution in [0.1, 0.15) is 32.3 Å². The van der Waals surface area contributed by atoms with Crippen LogP contribution in [-0.4, -0.2) is 44.1 Å². The summed E-state index contributed by atoms with van der Waals surface area (Å²) < 4.78 is 0. The molecule has 5 heteroatoms. The second kappa shape index (κ2) is 11.3. The van der Waals surface area contributed by atoms with Gasteiger partial charge >= 0.3 is 0 Å². The summed E-state index contributed by atoms with van der Waals surface area (Å²) in [5.74, 6) is 0.836. The van der Waals surface area contributed by atoms with Crippen LogP contribution in [0.3, 0.4) is 0 Å². The zero-order valence-electron chi connectivity index (χ0n) is 14.0. The van der Waals surface area contributed by atoms with Crippen molar-refractivity contribution in [1.29, 1.82) is 0 Å². The fraction of sp³-hybridized carbons (Fsp3) is 0.588. The lowest BCUT2D eigenvalue weighted by Gasteiger charge is -2.18. The van der Waals surface area contributed by atoms with E-state index in [1.165, 1.54) is 13.0 Å². The van der Waals surface area contributed by atoms with E-state index in [4.69, 9.17) is 11.6 Å². The molecule has 22 heavy (non-hydrogen) atoms. The summed E-state index contributed by atoms with van der Waals surface area (Å²) in [5, 5.41) is 7.42. The second-order valence-electron chi connectivity index (χ2n) is 5.22. The van der Waals surface area contributed by atoms with Crippen molar-refractivity contribution in [3.63, 3.8) is 0 Å². The molecule has 0 aromatic heterocycles. The lowest BCUT2D eigenvalue weighted by atomic mass is 10.2. The molecule has 0 radical (unpaired) electrons. The van der Waals surface area contributed by atoms with Crippen molar-refractivity contribution in [2.45, 2.75) is 33.2 Å². The number of rotatable bonds is 9. The third-order valence-corrected chi connectivity index (χ3v) is 3.90. The topological polar surface area (TPSA) is 39.7 Å². The van der Waals surface area contributed by atoms with Crippen LogP contribution in [0.5, 0.6) is 0 Å². The van der Waals surface area contributed by atoms with Gasteiger partial charge in [0.1, 0.15) is 0 Å². The van der Waals surface area contributed by atoms with Gasteiger partial charge < -0.3 is 15.5 Å². The number of aliphatic imine (C=N–C) groups is 1. The minimum atomic E-state index is 0.722. The highest BCUT2D eigenvalue weighted by Gasteiger charge is 2.00. The van der Waals surface area contributed by atoms with E-state index in [1.54, 1.807) is 7.05 Å². The molecule has 0 saturated heterocycles. The van der Waals surface area contributed by atoms with Crippen molar-refractivity contribution in [2.75, 3.05) is 33.2 Å². The van der Waals surface area contributed by atoms with Gasteiger partial charge in [-0.3, -0.25) is 4.99 Å². The van der Waals surface area contributed by atoms with Crippen molar-refractivity contribution in [3.05, 3.63) is 34.9 Å². The molecule has 0 aliphatic rings. The number of nitrogens with zero attached hydrogens (tertiary/aromatic N) is 2. The molecule has 0 amide bonds. The molecule has 0 fully saturated rings. The van der Waals surface area contributed by atoms with E-state index < -0.39 is 0 Å². The summed E-state index contributed by atoms with van der Waals surface area (Å²) in [5.41, 5.74) is 1.15. The van der Waals surface area contributed by atoms with Gasteiger partial charge in [0.15, 0.2) is 5.96 Å². The Balaban J connectivity index is 2.20. The van der Waals surface area contributed by atoms with Crippen molar-refractivity contribution in [2.24, 2.45) is 4.99 Å². The van der Waals surface area contributed by atoms with Gasteiger partial charge in [-0.05, 0) is 50.2 Å². The summed E-state index contributed by atoms with van der Waals surface area (Å²) in [6.45, 7) is 9.52. The zero-order chi connectivity index (χ0) is 16.2. The predicted molar refractivity (Wildman–Crippen MR) is 96.7 cm³/mol. The van der Waals surface area contributed by atoms with E-state index in [0.29, 0.717) is 0 Å². The molecule has 124 valence electrons. The second-order valence-corrected chi connectivity index (χ2v) is 5.65. The molecule has 1 aromatic rings. The number of nitrogens with one attached hydrogen (secondary N) is 2. The van der Waals surface area contributed by atoms with Gasteiger partial charge in [-0.25, -0.2) is 0 Å². The minimum absolute atomic E-state index is 0.722. The standard InChI is InChI=1S/C17H29ClN4/c1-4-22(5-2)12-7-6-11-20-17(19-3)21-14-15-9-8-10-16(18)13-15/h8-10,13H,4-7,11-12,14H2,1-3H3,(H2,19,20,21). The number of unbranched alkanes of at least 4 members (excludes halogenated alkanes) is 1. The molecule has 0 atom stereocenters. The average Bonchev–Trinajstić information content (AvgIpc) is 2.54. The Hall–Kier alpha value is -1.26. The number of hydrogen-bond acceptors (Lipinski definition) is 2. The molecule has 0 saturated carbocycles. The molecule has 4 nitrogen and oxygen atoms in total. The van der Waals surface area contributed by atoms with Gasteiger partial charge in [0.05, 0.1) is 0 Å². The quantitative estimate of drug-likeness (QED) is 0.416. The Morgan fingerprint density at radius 2 is 1.95 bits per heavy atom. The van der Waals surface area contributed by atoms with E-state index in [2.05, 4.69) is 40.4 Å². The highest BCUT2D eigenvalue weighted by molar-refractivity contribution is 6.30. The van der Waals surface area contributed by atoms with Gasteiger partial charge in [-0.15, -0.1) is 0 Å². The van der Waals surface area contributed by atoms with Crippen LogP contribution >= 0.6 is 11.6 Å². The molecule has 0 aliphatic carbocycles. The Labute approximate surface area is 140 Å². The van der Waals surface area contributed by atoms with Crippen LogP contribution in [0, 0.1) is 0 Å². The van der Waals surface area contributed by atoms with E-state index >= 15 is 0 Å². The van der Waals surface area contributed by atoms with Crippen molar-refractivity contribution < 1.29 is 0 Å². The van der Waals surface area contributed by atoms with Crippen LogP contribution in [0.25, 0.3) is 0 Å². The largest absolute Gasteiger partial charge is 0.356 e. The molecule has 0 aliphatic heterocycles. The number of hydrogen-bond donors (Lipinski definition) is 2. The van der Waals surface area contributed by atoms with E-state index in [9.17, 15) is 0 Å². The molecule has 0 unspecified atom stereocenters. The van der Waals surface area contributed by atoms with Crippen molar-refractivity contribution in [1.82, 2.24) is 15.5 Å². The summed E-state index contributed by atoms with van der Waals surface area (Å²) in [6.07, 6.45) is 2.36. The summed E-state index contributed by atoms with van der Waals surface area (Å²) in [6, 6.07) is 7.86. The molecule has 2 N–H and O–H groups in total. The smallest absolute Gasteiger partial charge is 0.191 e. The Kier molecular flexibility index (Phi) is 9.67. The molecule has 0 heterocycles. The van der Waals surface area contributed by atoms with Gasteiger partial charge in [-0.2, -0.15) is 0 Å². The number of benzene rings is 1. The molecule has 0 spiro atoms. The highest BCUT2D eigenvalue weighted by atomic mass is 35.5. The van der Waals surface area contributed by atoms with Gasteiger partial charge in [0.2, 0.25) is 0 Å². The van der Waals surface area contributed by atoms with Gasteiger partial charge in [-0.1, -0.05) is 37.6 Å². The van der Waals surface area contributed by atoms with Crippen LogP contribution < -0.4 is 10.6 Å². The lowest BCUT2D eigenvalue weighted by molar-refractivity contribution is 0.297. The average molecular weight is 325 g/mol. The van der Waals surface area contributed by atoms with Gasteiger partial charge in [0.25, 0.3) is 0 Å². The van der Waals surface area contributed by atoms with Crippen molar-refractivity contribution in [3.8, 4) is 0 Å². The highest BCUT2D eigenvalue weighted by Crippen LogP contribution is 2.10. The Morgan fingerprint density at radius 1 is 1.18 bits per heavy atom. The first-order valence-electron chi connectivity index (χ1n) is 8.10. The third-order valence-electron chi connectivity index (χ3n) is 3.66. The molecular formula is C17H29ClN4. The maximum Gasteiger partial charge on any atom is 0.191 e. The third kappa shape index (κ3) is 7.66. The molecule has 1 rings (SSSR count). The minimum Gasteiger partial charge on any atom is -0.356 e. The zero-order valence-corrected chi connectivity index (χ0v) is 14.8.